The Hall–Kier alpha value is -1.82. The SMILES string of the molecule is CC(C)c1cc(C#N)cc(C(C)C)c1NC=O. The van der Waals surface area contributed by atoms with E-state index in [2.05, 4.69) is 39.1 Å². The van der Waals surface area contributed by atoms with Crippen molar-refractivity contribution in [3.05, 3.63) is 28.8 Å². The number of hydrogen-bond acceptors (Lipinski definition) is 2. The molecule has 90 valence electrons. The van der Waals surface area contributed by atoms with Crippen molar-refractivity contribution in [1.29, 1.82) is 5.26 Å². The highest BCUT2D eigenvalue weighted by Gasteiger charge is 2.15. The maximum atomic E-state index is 10.7. The molecule has 1 aromatic carbocycles. The Kier molecular flexibility index (Phi) is 4.28. The van der Waals surface area contributed by atoms with Gasteiger partial charge in [0, 0.05) is 5.69 Å². The zero-order valence-electron chi connectivity index (χ0n) is 10.7. The molecule has 3 heteroatoms. The number of amides is 1. The summed E-state index contributed by atoms with van der Waals surface area (Å²) in [5, 5.41) is 11.8. The first-order valence-corrected chi connectivity index (χ1v) is 5.79. The van der Waals surface area contributed by atoms with E-state index in [9.17, 15) is 4.79 Å². The summed E-state index contributed by atoms with van der Waals surface area (Å²) in [5.74, 6) is 0.534. The van der Waals surface area contributed by atoms with Gasteiger partial charge in [0.05, 0.1) is 11.6 Å². The molecule has 0 saturated heterocycles. The summed E-state index contributed by atoms with van der Waals surface area (Å²) in [5.41, 5.74) is 3.53. The molecule has 1 rings (SSSR count). The topological polar surface area (TPSA) is 52.9 Å². The average Bonchev–Trinajstić information content (AvgIpc) is 2.28. The third-order valence-electron chi connectivity index (χ3n) is 2.78. The van der Waals surface area contributed by atoms with Gasteiger partial charge in [-0.15, -0.1) is 0 Å². The van der Waals surface area contributed by atoms with Crippen molar-refractivity contribution in [3.8, 4) is 6.07 Å². The van der Waals surface area contributed by atoms with E-state index in [1.165, 1.54) is 0 Å². The molecule has 0 aliphatic carbocycles. The lowest BCUT2D eigenvalue weighted by Crippen LogP contribution is -2.06. The number of carbonyl (C=O) groups is 1. The third-order valence-corrected chi connectivity index (χ3v) is 2.78. The van der Waals surface area contributed by atoms with Crippen molar-refractivity contribution < 1.29 is 4.79 Å². The fourth-order valence-electron chi connectivity index (χ4n) is 1.89. The van der Waals surface area contributed by atoms with Crippen LogP contribution in [0.25, 0.3) is 0 Å². The Morgan fingerprint density at radius 3 is 1.94 bits per heavy atom. The van der Waals surface area contributed by atoms with Crippen LogP contribution in [0.2, 0.25) is 0 Å². The third kappa shape index (κ3) is 2.85. The minimum absolute atomic E-state index is 0.267. The highest BCUT2D eigenvalue weighted by molar-refractivity contribution is 5.77. The van der Waals surface area contributed by atoms with E-state index in [0.29, 0.717) is 12.0 Å². The lowest BCUT2D eigenvalue weighted by molar-refractivity contribution is -0.105. The van der Waals surface area contributed by atoms with Crippen LogP contribution in [0.3, 0.4) is 0 Å². The summed E-state index contributed by atoms with van der Waals surface area (Å²) < 4.78 is 0. The van der Waals surface area contributed by atoms with Crippen molar-refractivity contribution in [2.45, 2.75) is 39.5 Å². The molecule has 0 radical (unpaired) electrons. The van der Waals surface area contributed by atoms with Gasteiger partial charge in [-0.05, 0) is 35.1 Å². The fourth-order valence-corrected chi connectivity index (χ4v) is 1.89. The van der Waals surface area contributed by atoms with Crippen molar-refractivity contribution in [2.75, 3.05) is 5.32 Å². The number of hydrogen-bond donors (Lipinski definition) is 1. The molecule has 0 aliphatic rings. The van der Waals surface area contributed by atoms with E-state index in [1.807, 2.05) is 12.1 Å². The van der Waals surface area contributed by atoms with Gasteiger partial charge in [0.2, 0.25) is 6.41 Å². The minimum atomic E-state index is 0.267. The van der Waals surface area contributed by atoms with E-state index in [-0.39, 0.29) is 11.8 Å². The predicted octanol–water partition coefficient (Wildman–Crippen LogP) is 3.37. The van der Waals surface area contributed by atoms with Crippen LogP contribution in [0.1, 0.15) is 56.2 Å². The highest BCUT2D eigenvalue weighted by atomic mass is 16.1. The quantitative estimate of drug-likeness (QED) is 0.806. The lowest BCUT2D eigenvalue weighted by atomic mass is 9.90. The summed E-state index contributed by atoms with van der Waals surface area (Å²) in [4.78, 5) is 10.7. The van der Waals surface area contributed by atoms with E-state index < -0.39 is 0 Å². The van der Waals surface area contributed by atoms with Crippen LogP contribution >= 0.6 is 0 Å². The number of rotatable bonds is 4. The Labute approximate surface area is 102 Å². The molecule has 1 aromatic rings. The largest absolute Gasteiger partial charge is 0.328 e. The van der Waals surface area contributed by atoms with Crippen LogP contribution < -0.4 is 5.32 Å². The second-order valence-electron chi connectivity index (χ2n) is 4.71. The number of carbonyl (C=O) groups excluding carboxylic acids is 1. The van der Waals surface area contributed by atoms with E-state index in [1.54, 1.807) is 0 Å². The summed E-state index contributed by atoms with van der Waals surface area (Å²) in [6.07, 6.45) is 0.694. The van der Waals surface area contributed by atoms with Crippen molar-refractivity contribution in [2.24, 2.45) is 0 Å². The van der Waals surface area contributed by atoms with Gasteiger partial charge >= 0.3 is 0 Å². The zero-order chi connectivity index (χ0) is 13.0. The maximum absolute atomic E-state index is 10.7. The molecule has 0 saturated carbocycles. The van der Waals surface area contributed by atoms with Crippen LogP contribution in [0.5, 0.6) is 0 Å². The standard InChI is InChI=1S/C14H18N2O/c1-9(2)12-5-11(7-15)6-13(10(3)4)14(12)16-8-17/h5-6,8-10H,1-4H3,(H,16,17). The van der Waals surface area contributed by atoms with Gasteiger partial charge in [-0.3, -0.25) is 4.79 Å². The first-order chi connectivity index (χ1) is 8.01. The van der Waals surface area contributed by atoms with Crippen molar-refractivity contribution in [3.63, 3.8) is 0 Å². The molecular weight excluding hydrogens is 212 g/mol. The van der Waals surface area contributed by atoms with Gasteiger partial charge in [0.25, 0.3) is 0 Å². The molecule has 1 N–H and O–H groups in total. The molecule has 0 aliphatic heterocycles. The number of nitriles is 1. The molecule has 0 spiro atoms. The zero-order valence-corrected chi connectivity index (χ0v) is 10.7. The van der Waals surface area contributed by atoms with Gasteiger partial charge in [-0.1, -0.05) is 27.7 Å². The van der Waals surface area contributed by atoms with Crippen molar-refractivity contribution >= 4 is 12.1 Å². The van der Waals surface area contributed by atoms with Gasteiger partial charge < -0.3 is 5.32 Å². The number of benzene rings is 1. The molecule has 0 atom stereocenters. The molecular formula is C14H18N2O. The van der Waals surface area contributed by atoms with E-state index in [4.69, 9.17) is 5.26 Å². The lowest BCUT2D eigenvalue weighted by Gasteiger charge is -2.19. The molecule has 17 heavy (non-hydrogen) atoms. The summed E-state index contributed by atoms with van der Waals surface area (Å²) in [6.45, 7) is 8.21. The predicted molar refractivity (Wildman–Crippen MR) is 69.0 cm³/mol. The van der Waals surface area contributed by atoms with Crippen LogP contribution in [0.15, 0.2) is 12.1 Å². The first kappa shape index (κ1) is 13.2. The number of nitrogens with zero attached hydrogens (tertiary/aromatic N) is 1. The molecule has 3 nitrogen and oxygen atoms in total. The second kappa shape index (κ2) is 5.49. The van der Waals surface area contributed by atoms with Gasteiger partial charge in [-0.2, -0.15) is 5.26 Å². The van der Waals surface area contributed by atoms with Crippen LogP contribution in [0, 0.1) is 11.3 Å². The average molecular weight is 230 g/mol. The molecule has 0 aromatic heterocycles. The Morgan fingerprint density at radius 1 is 1.18 bits per heavy atom. The van der Waals surface area contributed by atoms with Crippen LogP contribution in [-0.4, -0.2) is 6.41 Å². The van der Waals surface area contributed by atoms with Gasteiger partial charge in [0.1, 0.15) is 0 Å². The van der Waals surface area contributed by atoms with Crippen molar-refractivity contribution in [1.82, 2.24) is 0 Å². The van der Waals surface area contributed by atoms with E-state index >= 15 is 0 Å². The summed E-state index contributed by atoms with van der Waals surface area (Å²) >= 11 is 0. The van der Waals surface area contributed by atoms with Gasteiger partial charge in [-0.25, -0.2) is 0 Å². The monoisotopic (exact) mass is 230 g/mol. The van der Waals surface area contributed by atoms with E-state index in [0.717, 1.165) is 16.8 Å². The molecule has 0 heterocycles. The van der Waals surface area contributed by atoms with Crippen LogP contribution in [-0.2, 0) is 4.79 Å². The van der Waals surface area contributed by atoms with Crippen LogP contribution in [0.4, 0.5) is 5.69 Å². The first-order valence-electron chi connectivity index (χ1n) is 5.79. The Bertz CT molecular complexity index is 427. The molecule has 1 amide bonds. The Balaban J connectivity index is 3.50. The second-order valence-corrected chi connectivity index (χ2v) is 4.71. The smallest absolute Gasteiger partial charge is 0.211 e. The number of anilines is 1. The number of nitrogens with one attached hydrogen (secondary N) is 1. The minimum Gasteiger partial charge on any atom is -0.328 e. The molecule has 0 unspecified atom stereocenters. The summed E-state index contributed by atoms with van der Waals surface area (Å²) in [6, 6.07) is 5.87. The maximum Gasteiger partial charge on any atom is 0.211 e. The fraction of sp³-hybridized carbons (Fsp3) is 0.429. The molecule has 0 bridgehead atoms. The molecule has 0 fully saturated rings. The normalized spacial score (nSPS) is 10.4. The highest BCUT2D eigenvalue weighted by Crippen LogP contribution is 2.33. The van der Waals surface area contributed by atoms with Gasteiger partial charge in [0.15, 0.2) is 0 Å². The Morgan fingerprint density at radius 2 is 1.65 bits per heavy atom. The summed E-state index contributed by atoms with van der Waals surface area (Å²) in [7, 11) is 0.